The molecular weight excluding hydrogens is 416 g/mol. The number of fused-ring (bicyclic) bond motifs is 2. The highest BCUT2D eigenvalue weighted by Gasteiger charge is 2.72. The van der Waals surface area contributed by atoms with Crippen molar-refractivity contribution in [2.24, 2.45) is 22.7 Å². The lowest BCUT2D eigenvalue weighted by molar-refractivity contribution is -0.222. The monoisotopic (exact) mass is 450 g/mol. The predicted octanol–water partition coefficient (Wildman–Crippen LogP) is 3.01. The summed E-state index contributed by atoms with van der Waals surface area (Å²) in [7, 11) is 0. The first-order chi connectivity index (χ1) is 14.8. The van der Waals surface area contributed by atoms with Gasteiger partial charge < -0.3 is 19.3 Å². The molecule has 8 heteroatoms. The summed E-state index contributed by atoms with van der Waals surface area (Å²) in [4.78, 5) is 36.4. The molecule has 4 aliphatic rings. The Balaban J connectivity index is 1.82. The molecule has 2 saturated heterocycles. The molecule has 0 aromatic heterocycles. The number of esters is 3. The van der Waals surface area contributed by atoms with Gasteiger partial charge in [0.2, 0.25) is 12.6 Å². The SMILES string of the molecule is CC(=O)OC1OC2OC(=O)CC1(OC(C)=O)C2C1(C)CCC2=C(C(O)CCC2(C)C)C1C. The Labute approximate surface area is 188 Å². The van der Waals surface area contributed by atoms with E-state index in [4.69, 9.17) is 18.9 Å². The molecular formula is C24H34O8. The highest BCUT2D eigenvalue weighted by atomic mass is 16.8. The molecule has 2 aliphatic carbocycles. The van der Waals surface area contributed by atoms with Crippen LogP contribution in [0.15, 0.2) is 11.1 Å². The van der Waals surface area contributed by atoms with Gasteiger partial charge in [0.15, 0.2) is 5.60 Å². The van der Waals surface area contributed by atoms with Crippen LogP contribution in [-0.4, -0.2) is 47.3 Å². The Kier molecular flexibility index (Phi) is 5.48. The minimum absolute atomic E-state index is 0.00646. The summed E-state index contributed by atoms with van der Waals surface area (Å²) in [5, 5.41) is 11.0. The Morgan fingerprint density at radius 1 is 1.12 bits per heavy atom. The van der Waals surface area contributed by atoms with Crippen LogP contribution in [0.3, 0.4) is 0 Å². The fraction of sp³-hybridized carbons (Fsp3) is 0.792. The van der Waals surface area contributed by atoms with Crippen LogP contribution in [0.4, 0.5) is 0 Å². The summed E-state index contributed by atoms with van der Waals surface area (Å²) in [5.74, 6) is -2.39. The third-order valence-electron chi connectivity index (χ3n) is 8.38. The average molecular weight is 451 g/mol. The number of ether oxygens (including phenoxy) is 4. The molecule has 2 fully saturated rings. The van der Waals surface area contributed by atoms with Gasteiger partial charge in [-0.25, -0.2) is 0 Å². The number of carbonyl (C=O) groups is 3. The summed E-state index contributed by atoms with van der Waals surface area (Å²) in [6.45, 7) is 11.1. The van der Waals surface area contributed by atoms with Crippen LogP contribution >= 0.6 is 0 Å². The van der Waals surface area contributed by atoms with Crippen molar-refractivity contribution in [3.05, 3.63) is 11.1 Å². The highest BCUT2D eigenvalue weighted by molar-refractivity contribution is 5.75. The summed E-state index contributed by atoms with van der Waals surface area (Å²) in [6, 6.07) is 0. The van der Waals surface area contributed by atoms with E-state index < -0.39 is 53.5 Å². The lowest BCUT2D eigenvalue weighted by Crippen LogP contribution is -2.61. The quantitative estimate of drug-likeness (QED) is 0.397. The molecule has 0 amide bonds. The lowest BCUT2D eigenvalue weighted by atomic mass is 9.51. The molecule has 2 heterocycles. The second kappa shape index (κ2) is 7.55. The molecule has 0 saturated carbocycles. The first-order valence-corrected chi connectivity index (χ1v) is 11.4. The number of hydrogen-bond acceptors (Lipinski definition) is 8. The first kappa shape index (κ1) is 23.2. The van der Waals surface area contributed by atoms with Gasteiger partial charge in [-0.1, -0.05) is 33.3 Å². The van der Waals surface area contributed by atoms with Gasteiger partial charge in [-0.2, -0.15) is 0 Å². The van der Waals surface area contributed by atoms with E-state index in [0.29, 0.717) is 6.42 Å². The van der Waals surface area contributed by atoms with Gasteiger partial charge in [0.1, 0.15) is 0 Å². The van der Waals surface area contributed by atoms with Crippen LogP contribution in [0.2, 0.25) is 0 Å². The Morgan fingerprint density at radius 3 is 2.44 bits per heavy atom. The van der Waals surface area contributed by atoms with Crippen molar-refractivity contribution in [2.45, 2.75) is 97.9 Å². The Bertz CT molecular complexity index is 871. The van der Waals surface area contributed by atoms with Crippen LogP contribution in [0.5, 0.6) is 0 Å². The van der Waals surface area contributed by atoms with E-state index in [-0.39, 0.29) is 17.8 Å². The van der Waals surface area contributed by atoms with Crippen molar-refractivity contribution in [1.82, 2.24) is 0 Å². The molecule has 2 aliphatic heterocycles. The number of carbonyl (C=O) groups excluding carboxylic acids is 3. The van der Waals surface area contributed by atoms with Gasteiger partial charge >= 0.3 is 17.9 Å². The minimum atomic E-state index is -1.48. The second-order valence-electron chi connectivity index (χ2n) is 10.7. The van der Waals surface area contributed by atoms with Crippen LogP contribution in [0.25, 0.3) is 0 Å². The van der Waals surface area contributed by atoms with E-state index in [9.17, 15) is 19.5 Å². The van der Waals surface area contributed by atoms with Crippen LogP contribution in [-0.2, 0) is 33.3 Å². The molecule has 4 rings (SSSR count). The molecule has 7 atom stereocenters. The van der Waals surface area contributed by atoms with E-state index in [1.54, 1.807) is 0 Å². The normalized spacial score (nSPS) is 42.7. The van der Waals surface area contributed by atoms with Gasteiger partial charge in [-0.05, 0) is 48.0 Å². The fourth-order valence-corrected chi connectivity index (χ4v) is 6.76. The van der Waals surface area contributed by atoms with Gasteiger partial charge in [0.25, 0.3) is 0 Å². The van der Waals surface area contributed by atoms with Crippen LogP contribution < -0.4 is 0 Å². The third-order valence-corrected chi connectivity index (χ3v) is 8.38. The minimum Gasteiger partial charge on any atom is -0.451 e. The van der Waals surface area contributed by atoms with Gasteiger partial charge in [-0.3, -0.25) is 19.1 Å². The molecule has 0 radical (unpaired) electrons. The molecule has 1 N–H and O–H groups in total. The smallest absolute Gasteiger partial charge is 0.312 e. The van der Waals surface area contributed by atoms with E-state index in [1.165, 1.54) is 19.4 Å². The summed E-state index contributed by atoms with van der Waals surface area (Å²) in [5.41, 5.74) is 0.317. The molecule has 8 nitrogen and oxygen atoms in total. The van der Waals surface area contributed by atoms with Crippen molar-refractivity contribution in [2.75, 3.05) is 0 Å². The second-order valence-corrected chi connectivity index (χ2v) is 10.7. The first-order valence-electron chi connectivity index (χ1n) is 11.4. The zero-order valence-electron chi connectivity index (χ0n) is 19.7. The number of aliphatic hydroxyl groups is 1. The van der Waals surface area contributed by atoms with Crippen molar-refractivity contribution >= 4 is 17.9 Å². The lowest BCUT2D eigenvalue weighted by Gasteiger charge is -2.55. The van der Waals surface area contributed by atoms with Crippen molar-refractivity contribution in [1.29, 1.82) is 0 Å². The number of aliphatic hydroxyl groups excluding tert-OH is 1. The van der Waals surface area contributed by atoms with Crippen molar-refractivity contribution < 1.29 is 38.4 Å². The summed E-state index contributed by atoms with van der Waals surface area (Å²) >= 11 is 0. The van der Waals surface area contributed by atoms with E-state index in [2.05, 4.69) is 27.7 Å². The largest absolute Gasteiger partial charge is 0.451 e. The zero-order chi connectivity index (χ0) is 23.6. The molecule has 7 unspecified atom stereocenters. The summed E-state index contributed by atoms with van der Waals surface area (Å²) in [6.07, 6.45) is 0.0967. The predicted molar refractivity (Wildman–Crippen MR) is 112 cm³/mol. The Hall–Kier alpha value is -1.93. The van der Waals surface area contributed by atoms with Crippen molar-refractivity contribution in [3.8, 4) is 0 Å². The molecule has 0 aromatic rings. The van der Waals surface area contributed by atoms with Crippen molar-refractivity contribution in [3.63, 3.8) is 0 Å². The van der Waals surface area contributed by atoms with E-state index in [0.717, 1.165) is 24.8 Å². The van der Waals surface area contributed by atoms with Gasteiger partial charge in [-0.15, -0.1) is 0 Å². The van der Waals surface area contributed by atoms with Gasteiger partial charge in [0.05, 0.1) is 18.4 Å². The molecule has 2 bridgehead atoms. The average Bonchev–Trinajstić information content (AvgIpc) is 2.84. The number of allylic oxidation sites excluding steroid dienone is 1. The maximum atomic E-state index is 12.4. The number of rotatable bonds is 3. The third kappa shape index (κ3) is 3.37. The standard InChI is InChI=1S/C24H34O8/c1-12-18-15(22(4,5)9-8-16(18)27)7-10-23(12,6)19-20-30-17(28)11-24(19,32-14(3)26)21(31-20)29-13(2)25/h12,16,19-21,27H,7-11H2,1-6H3. The highest BCUT2D eigenvalue weighted by Crippen LogP contribution is 2.63. The van der Waals surface area contributed by atoms with E-state index >= 15 is 0 Å². The molecule has 178 valence electrons. The summed E-state index contributed by atoms with van der Waals surface area (Å²) < 4.78 is 22.7. The number of hydrogen-bond donors (Lipinski definition) is 1. The Morgan fingerprint density at radius 2 is 1.81 bits per heavy atom. The zero-order valence-corrected chi connectivity index (χ0v) is 19.7. The van der Waals surface area contributed by atoms with Crippen LogP contribution in [0.1, 0.15) is 73.6 Å². The molecule has 0 aromatic carbocycles. The maximum Gasteiger partial charge on any atom is 0.312 e. The molecule has 32 heavy (non-hydrogen) atoms. The topological polar surface area (TPSA) is 108 Å². The molecule has 0 spiro atoms. The van der Waals surface area contributed by atoms with E-state index in [1.807, 2.05) is 0 Å². The van der Waals surface area contributed by atoms with Gasteiger partial charge in [0, 0.05) is 13.8 Å². The van der Waals surface area contributed by atoms with Crippen LogP contribution in [0, 0.1) is 22.7 Å². The maximum absolute atomic E-state index is 12.4. The fourth-order valence-electron chi connectivity index (χ4n) is 6.76.